The minimum Gasteiger partial charge on any atom is -0.409 e. The summed E-state index contributed by atoms with van der Waals surface area (Å²) in [4.78, 5) is 4.49. The Morgan fingerprint density at radius 2 is 2.22 bits per heavy atom. The molecular formula is C13H19N3OS. The molecule has 1 aliphatic carbocycles. The lowest BCUT2D eigenvalue weighted by Crippen LogP contribution is -2.15. The Morgan fingerprint density at radius 1 is 1.50 bits per heavy atom. The van der Waals surface area contributed by atoms with Gasteiger partial charge in [0.25, 0.3) is 0 Å². The van der Waals surface area contributed by atoms with Crippen LogP contribution in [0.15, 0.2) is 22.3 Å². The predicted octanol–water partition coefficient (Wildman–Crippen LogP) is 2.77. The Hall–Kier alpha value is -1.23. The van der Waals surface area contributed by atoms with E-state index in [4.69, 9.17) is 10.9 Å². The van der Waals surface area contributed by atoms with Gasteiger partial charge in [-0.1, -0.05) is 18.0 Å². The Bertz CT molecular complexity index is 442. The summed E-state index contributed by atoms with van der Waals surface area (Å²) in [6.45, 7) is 1.95. The number of hydrogen-bond acceptors (Lipinski definition) is 4. The van der Waals surface area contributed by atoms with Gasteiger partial charge in [-0.2, -0.15) is 0 Å². The van der Waals surface area contributed by atoms with E-state index in [1.165, 1.54) is 25.7 Å². The zero-order chi connectivity index (χ0) is 13.0. The zero-order valence-corrected chi connectivity index (χ0v) is 11.4. The van der Waals surface area contributed by atoms with Gasteiger partial charge in [0, 0.05) is 11.4 Å². The lowest BCUT2D eigenvalue weighted by atomic mass is 10.1. The molecule has 3 N–H and O–H groups in total. The first kappa shape index (κ1) is 13.2. The van der Waals surface area contributed by atoms with Gasteiger partial charge in [0.05, 0.1) is 5.56 Å². The third-order valence-electron chi connectivity index (χ3n) is 3.31. The molecule has 1 aromatic rings. The molecule has 2 rings (SSSR count). The Balaban J connectivity index is 2.11. The summed E-state index contributed by atoms with van der Waals surface area (Å²) in [5.74, 6) is 2.00. The van der Waals surface area contributed by atoms with E-state index in [-0.39, 0.29) is 5.84 Å². The van der Waals surface area contributed by atoms with E-state index >= 15 is 0 Å². The van der Waals surface area contributed by atoms with Crippen molar-refractivity contribution in [3.8, 4) is 0 Å². The van der Waals surface area contributed by atoms with Crippen molar-refractivity contribution in [3.05, 3.63) is 23.4 Å². The second-order valence-electron chi connectivity index (χ2n) is 4.75. The summed E-state index contributed by atoms with van der Waals surface area (Å²) in [5, 5.41) is 12.7. The van der Waals surface area contributed by atoms with E-state index in [0.29, 0.717) is 0 Å². The van der Waals surface area contributed by atoms with Crippen molar-refractivity contribution in [3.63, 3.8) is 0 Å². The van der Waals surface area contributed by atoms with Crippen LogP contribution in [-0.4, -0.2) is 21.8 Å². The standard InChI is InChI=1S/C13H19N3OS/c1-9-6-7-11(12(14)16-17)13(15-9)18-8-10-4-2-3-5-10/h6-7,10,17H,2-5,8H2,1H3,(H2,14,16). The van der Waals surface area contributed by atoms with Crippen molar-refractivity contribution in [2.75, 3.05) is 5.75 Å². The number of aromatic nitrogens is 1. The summed E-state index contributed by atoms with van der Waals surface area (Å²) in [5.41, 5.74) is 7.36. The maximum absolute atomic E-state index is 8.79. The van der Waals surface area contributed by atoms with Crippen LogP contribution < -0.4 is 5.73 Å². The van der Waals surface area contributed by atoms with Crippen LogP contribution in [0.5, 0.6) is 0 Å². The first-order valence-electron chi connectivity index (χ1n) is 6.29. The highest BCUT2D eigenvalue weighted by Gasteiger charge is 2.17. The zero-order valence-electron chi connectivity index (χ0n) is 10.6. The molecule has 0 amide bonds. The quantitative estimate of drug-likeness (QED) is 0.289. The number of aryl methyl sites for hydroxylation is 1. The Labute approximate surface area is 112 Å². The van der Waals surface area contributed by atoms with Crippen LogP contribution in [0.1, 0.15) is 36.9 Å². The van der Waals surface area contributed by atoms with Crippen molar-refractivity contribution in [2.24, 2.45) is 16.8 Å². The molecule has 0 aromatic carbocycles. The van der Waals surface area contributed by atoms with E-state index in [0.717, 1.165) is 28.0 Å². The average Bonchev–Trinajstić information content (AvgIpc) is 2.88. The van der Waals surface area contributed by atoms with Crippen molar-refractivity contribution in [2.45, 2.75) is 37.6 Å². The molecule has 0 unspecified atom stereocenters. The fourth-order valence-electron chi connectivity index (χ4n) is 2.27. The van der Waals surface area contributed by atoms with Gasteiger partial charge in [0.15, 0.2) is 5.84 Å². The molecule has 0 aliphatic heterocycles. The van der Waals surface area contributed by atoms with Gasteiger partial charge in [0.2, 0.25) is 0 Å². The number of oxime groups is 1. The van der Waals surface area contributed by atoms with Gasteiger partial charge in [-0.15, -0.1) is 11.8 Å². The maximum Gasteiger partial charge on any atom is 0.172 e. The van der Waals surface area contributed by atoms with E-state index in [1.54, 1.807) is 11.8 Å². The highest BCUT2D eigenvalue weighted by Crippen LogP contribution is 2.31. The lowest BCUT2D eigenvalue weighted by molar-refractivity contribution is 0.318. The molecule has 1 saturated carbocycles. The van der Waals surface area contributed by atoms with Crippen LogP contribution in [0.2, 0.25) is 0 Å². The molecule has 1 heterocycles. The van der Waals surface area contributed by atoms with Crippen molar-refractivity contribution in [1.82, 2.24) is 4.98 Å². The van der Waals surface area contributed by atoms with Gasteiger partial charge in [-0.3, -0.25) is 0 Å². The van der Waals surface area contributed by atoms with E-state index in [1.807, 2.05) is 19.1 Å². The molecule has 1 fully saturated rings. The number of nitrogens with zero attached hydrogens (tertiary/aromatic N) is 2. The highest BCUT2D eigenvalue weighted by molar-refractivity contribution is 7.99. The van der Waals surface area contributed by atoms with Crippen LogP contribution in [0.25, 0.3) is 0 Å². The monoisotopic (exact) mass is 265 g/mol. The molecule has 0 saturated heterocycles. The first-order valence-corrected chi connectivity index (χ1v) is 7.27. The molecule has 0 bridgehead atoms. The summed E-state index contributed by atoms with van der Waals surface area (Å²) >= 11 is 1.72. The average molecular weight is 265 g/mol. The summed E-state index contributed by atoms with van der Waals surface area (Å²) in [6.07, 6.45) is 5.33. The highest BCUT2D eigenvalue weighted by atomic mass is 32.2. The summed E-state index contributed by atoms with van der Waals surface area (Å²) in [7, 11) is 0. The summed E-state index contributed by atoms with van der Waals surface area (Å²) < 4.78 is 0. The second-order valence-corrected chi connectivity index (χ2v) is 5.76. The number of pyridine rings is 1. The van der Waals surface area contributed by atoms with Gasteiger partial charge in [-0.25, -0.2) is 4.98 Å². The smallest absolute Gasteiger partial charge is 0.172 e. The SMILES string of the molecule is Cc1ccc(C(N)=NO)c(SCC2CCCC2)n1. The van der Waals surface area contributed by atoms with Crippen LogP contribution >= 0.6 is 11.8 Å². The van der Waals surface area contributed by atoms with Crippen LogP contribution in [-0.2, 0) is 0 Å². The molecule has 0 radical (unpaired) electrons. The third kappa shape index (κ3) is 3.16. The van der Waals surface area contributed by atoms with Crippen molar-refractivity contribution < 1.29 is 5.21 Å². The topological polar surface area (TPSA) is 71.5 Å². The largest absolute Gasteiger partial charge is 0.409 e. The molecule has 5 heteroatoms. The number of thioether (sulfide) groups is 1. The number of hydrogen-bond donors (Lipinski definition) is 2. The van der Waals surface area contributed by atoms with Gasteiger partial charge in [0.1, 0.15) is 5.03 Å². The van der Waals surface area contributed by atoms with Gasteiger partial charge < -0.3 is 10.9 Å². The molecule has 18 heavy (non-hydrogen) atoms. The first-order chi connectivity index (χ1) is 8.70. The van der Waals surface area contributed by atoms with Crippen LogP contribution in [0.4, 0.5) is 0 Å². The minimum atomic E-state index is 0.136. The minimum absolute atomic E-state index is 0.136. The van der Waals surface area contributed by atoms with Crippen LogP contribution in [0.3, 0.4) is 0 Å². The van der Waals surface area contributed by atoms with Crippen molar-refractivity contribution >= 4 is 17.6 Å². The van der Waals surface area contributed by atoms with Crippen LogP contribution in [0, 0.1) is 12.8 Å². The molecule has 98 valence electrons. The van der Waals surface area contributed by atoms with Gasteiger partial charge >= 0.3 is 0 Å². The van der Waals surface area contributed by atoms with E-state index in [2.05, 4.69) is 10.1 Å². The Morgan fingerprint density at radius 3 is 2.89 bits per heavy atom. The van der Waals surface area contributed by atoms with Gasteiger partial charge in [-0.05, 0) is 37.8 Å². The number of rotatable bonds is 4. The molecule has 4 nitrogen and oxygen atoms in total. The van der Waals surface area contributed by atoms with E-state index < -0.39 is 0 Å². The van der Waals surface area contributed by atoms with Crippen molar-refractivity contribution in [1.29, 1.82) is 0 Å². The second kappa shape index (κ2) is 6.09. The number of amidine groups is 1. The molecule has 1 aromatic heterocycles. The molecular weight excluding hydrogens is 246 g/mol. The predicted molar refractivity (Wildman–Crippen MR) is 74.2 cm³/mol. The normalized spacial score (nSPS) is 17.3. The fraction of sp³-hybridized carbons (Fsp3) is 0.538. The third-order valence-corrected chi connectivity index (χ3v) is 4.54. The van der Waals surface area contributed by atoms with E-state index in [9.17, 15) is 0 Å². The maximum atomic E-state index is 8.79. The number of nitrogens with two attached hydrogens (primary N) is 1. The fourth-order valence-corrected chi connectivity index (χ4v) is 3.53. The Kier molecular flexibility index (Phi) is 4.47. The molecule has 0 spiro atoms. The molecule has 0 atom stereocenters. The molecule has 1 aliphatic rings. The summed E-state index contributed by atoms with van der Waals surface area (Å²) in [6, 6.07) is 3.75. The lowest BCUT2D eigenvalue weighted by Gasteiger charge is -2.11.